The Hall–Kier alpha value is -2.21. The quantitative estimate of drug-likeness (QED) is 0.752. The van der Waals surface area contributed by atoms with E-state index >= 15 is 0 Å². The van der Waals surface area contributed by atoms with Gasteiger partial charge in [-0.3, -0.25) is 0 Å². The minimum atomic E-state index is -0.696. The van der Waals surface area contributed by atoms with Crippen molar-refractivity contribution in [3.05, 3.63) is 41.4 Å². The summed E-state index contributed by atoms with van der Waals surface area (Å²) in [7, 11) is 0. The number of nitrogens with zero attached hydrogens (tertiary/aromatic N) is 2. The molecule has 0 saturated carbocycles. The summed E-state index contributed by atoms with van der Waals surface area (Å²) in [5.74, 6) is 0. The minimum absolute atomic E-state index is 0.263. The molecule has 0 N–H and O–H groups in total. The van der Waals surface area contributed by atoms with E-state index in [0.717, 1.165) is 0 Å². The average molecular weight is 351 g/mol. The van der Waals surface area contributed by atoms with Gasteiger partial charge in [0, 0.05) is 5.02 Å². The summed E-state index contributed by atoms with van der Waals surface area (Å²) in [5, 5.41) is 3.08. The topological polar surface area (TPSA) is 59.1 Å². The number of benzene rings is 1. The molecule has 0 aromatic heterocycles. The van der Waals surface area contributed by atoms with Gasteiger partial charge in [-0.05, 0) is 57.5 Å². The second kappa shape index (κ2) is 6.02. The number of hydrogen-bond donors (Lipinski definition) is 0. The number of ether oxygens (including phenoxy) is 2. The third kappa shape index (κ3) is 3.19. The molecule has 1 aliphatic carbocycles. The Kier molecular flexibility index (Phi) is 4.17. The van der Waals surface area contributed by atoms with E-state index < -0.39 is 17.8 Å². The Morgan fingerprint density at radius 1 is 1.33 bits per heavy atom. The zero-order valence-electron chi connectivity index (χ0n) is 13.7. The number of hydrogen-bond acceptors (Lipinski definition) is 4. The van der Waals surface area contributed by atoms with Crippen LogP contribution in [0.4, 0.5) is 15.3 Å². The van der Waals surface area contributed by atoms with Crippen LogP contribution >= 0.6 is 11.6 Å². The number of carbonyl (C=O) groups is 2. The maximum absolute atomic E-state index is 12.8. The summed E-state index contributed by atoms with van der Waals surface area (Å²) in [4.78, 5) is 25.1. The molecule has 7 heteroatoms. The largest absolute Gasteiger partial charge is 0.442 e. The van der Waals surface area contributed by atoms with Crippen molar-refractivity contribution in [3.63, 3.8) is 0 Å². The molecule has 128 valence electrons. The third-order valence-corrected chi connectivity index (χ3v) is 3.93. The molecule has 2 aliphatic rings. The second-order valence-corrected chi connectivity index (χ2v) is 7.13. The molecular formula is C17H19ClN2O4. The van der Waals surface area contributed by atoms with Crippen LogP contribution in [0.3, 0.4) is 0 Å². The van der Waals surface area contributed by atoms with Gasteiger partial charge in [0.2, 0.25) is 0 Å². The highest BCUT2D eigenvalue weighted by Gasteiger charge is 2.48. The molecule has 1 fully saturated rings. The van der Waals surface area contributed by atoms with Crippen LogP contribution < -0.4 is 5.01 Å². The van der Waals surface area contributed by atoms with Crippen molar-refractivity contribution in [2.24, 2.45) is 0 Å². The molecular weight excluding hydrogens is 332 g/mol. The molecule has 2 amide bonds. The number of fused-ring (bicyclic) bond motifs is 1. The van der Waals surface area contributed by atoms with Crippen LogP contribution in [0.2, 0.25) is 5.02 Å². The highest BCUT2D eigenvalue weighted by molar-refractivity contribution is 6.30. The summed E-state index contributed by atoms with van der Waals surface area (Å²) in [6.07, 6.45) is 2.81. The summed E-state index contributed by atoms with van der Waals surface area (Å²) < 4.78 is 10.8. The first-order valence-electron chi connectivity index (χ1n) is 7.71. The van der Waals surface area contributed by atoms with Crippen molar-refractivity contribution in [1.29, 1.82) is 0 Å². The van der Waals surface area contributed by atoms with E-state index in [1.807, 2.05) is 12.2 Å². The lowest BCUT2D eigenvalue weighted by Gasteiger charge is -2.34. The number of halogens is 1. The van der Waals surface area contributed by atoms with Gasteiger partial charge in [-0.15, -0.1) is 0 Å². The smallest absolute Gasteiger partial charge is 0.434 e. The summed E-state index contributed by atoms with van der Waals surface area (Å²) in [6, 6.07) is 6.37. The van der Waals surface area contributed by atoms with Gasteiger partial charge in [0.15, 0.2) is 0 Å². The van der Waals surface area contributed by atoms with E-state index in [1.165, 1.54) is 10.0 Å². The number of carbonyl (C=O) groups excluding carboxylic acids is 2. The molecule has 1 aromatic rings. The lowest BCUT2D eigenvalue weighted by Crippen LogP contribution is -2.53. The molecule has 0 spiro atoms. The summed E-state index contributed by atoms with van der Waals surface area (Å²) >= 11 is 5.93. The van der Waals surface area contributed by atoms with Gasteiger partial charge in [0.1, 0.15) is 17.7 Å². The van der Waals surface area contributed by atoms with Crippen LogP contribution in [0, 0.1) is 0 Å². The molecule has 1 aromatic carbocycles. The van der Waals surface area contributed by atoms with Crippen molar-refractivity contribution in [3.8, 4) is 0 Å². The maximum atomic E-state index is 12.8. The van der Waals surface area contributed by atoms with Crippen LogP contribution in [-0.4, -0.2) is 34.9 Å². The van der Waals surface area contributed by atoms with Crippen LogP contribution in [0.1, 0.15) is 27.2 Å². The fraction of sp³-hybridized carbons (Fsp3) is 0.412. The number of hydrazine groups is 1. The minimum Gasteiger partial charge on any atom is -0.442 e. The number of rotatable bonds is 2. The predicted molar refractivity (Wildman–Crippen MR) is 89.8 cm³/mol. The van der Waals surface area contributed by atoms with Crippen LogP contribution in [0.5, 0.6) is 0 Å². The van der Waals surface area contributed by atoms with E-state index in [2.05, 4.69) is 0 Å². The summed E-state index contributed by atoms with van der Waals surface area (Å²) in [6.45, 7) is 5.31. The van der Waals surface area contributed by atoms with E-state index in [0.29, 0.717) is 17.1 Å². The monoisotopic (exact) mass is 350 g/mol. The number of amides is 2. The van der Waals surface area contributed by atoms with Gasteiger partial charge in [-0.1, -0.05) is 17.7 Å². The van der Waals surface area contributed by atoms with Crippen LogP contribution in [0.25, 0.3) is 0 Å². The average Bonchev–Trinajstić information content (AvgIpc) is 3.02. The molecule has 24 heavy (non-hydrogen) atoms. The SMILES string of the molecule is CC(C)(C)OC(=O)N(c1ccc(Cl)cc1)N1C(=O)O[C@@H]2C=CC[C@@H]21. The fourth-order valence-electron chi connectivity index (χ4n) is 2.71. The first-order chi connectivity index (χ1) is 11.3. The molecule has 0 bridgehead atoms. The molecule has 6 nitrogen and oxygen atoms in total. The first-order valence-corrected chi connectivity index (χ1v) is 8.09. The van der Waals surface area contributed by atoms with E-state index in [9.17, 15) is 9.59 Å². The Morgan fingerprint density at radius 3 is 2.62 bits per heavy atom. The van der Waals surface area contributed by atoms with Crippen molar-refractivity contribution in [2.45, 2.75) is 44.9 Å². The maximum Gasteiger partial charge on any atom is 0.434 e. The van der Waals surface area contributed by atoms with E-state index in [4.69, 9.17) is 21.1 Å². The van der Waals surface area contributed by atoms with Crippen molar-refractivity contribution in [2.75, 3.05) is 5.01 Å². The van der Waals surface area contributed by atoms with Crippen molar-refractivity contribution in [1.82, 2.24) is 5.01 Å². The van der Waals surface area contributed by atoms with Crippen LogP contribution in [0.15, 0.2) is 36.4 Å². The third-order valence-electron chi connectivity index (χ3n) is 3.67. The Labute approximate surface area is 145 Å². The number of anilines is 1. The zero-order valence-corrected chi connectivity index (χ0v) is 14.5. The van der Waals surface area contributed by atoms with E-state index in [-0.39, 0.29) is 12.1 Å². The highest BCUT2D eigenvalue weighted by atomic mass is 35.5. The molecule has 3 rings (SSSR count). The molecule has 1 aliphatic heterocycles. The van der Waals surface area contributed by atoms with Gasteiger partial charge in [-0.25, -0.2) is 14.6 Å². The Morgan fingerprint density at radius 2 is 2.00 bits per heavy atom. The summed E-state index contributed by atoms with van der Waals surface area (Å²) in [5.41, 5.74) is -0.211. The normalized spacial score (nSPS) is 22.3. The first kappa shape index (κ1) is 16.6. The standard InChI is InChI=1S/C17H19ClN2O4/c1-17(2,3)24-16(22)19(12-9-7-11(18)8-10-12)20-13-5-4-6-14(13)23-15(20)21/h4,6-10,13-14H,5H2,1-3H3/t13-,14+/m0/s1. The van der Waals surface area contributed by atoms with Gasteiger partial charge >= 0.3 is 12.2 Å². The van der Waals surface area contributed by atoms with Crippen molar-refractivity contribution >= 4 is 29.5 Å². The second-order valence-electron chi connectivity index (χ2n) is 6.69. The van der Waals surface area contributed by atoms with Gasteiger partial charge in [0.25, 0.3) is 0 Å². The van der Waals surface area contributed by atoms with Gasteiger partial charge in [-0.2, -0.15) is 5.01 Å². The van der Waals surface area contributed by atoms with Gasteiger partial charge in [0.05, 0.1) is 5.69 Å². The Balaban J connectivity index is 1.97. The molecule has 2 atom stereocenters. The Bertz CT molecular complexity index is 681. The predicted octanol–water partition coefficient (Wildman–Crippen LogP) is 4.15. The fourth-order valence-corrected chi connectivity index (χ4v) is 2.84. The molecule has 0 unspecified atom stereocenters. The van der Waals surface area contributed by atoms with Crippen LogP contribution in [-0.2, 0) is 9.47 Å². The lowest BCUT2D eigenvalue weighted by atomic mass is 10.2. The zero-order chi connectivity index (χ0) is 17.5. The molecule has 1 heterocycles. The molecule has 0 radical (unpaired) electrons. The van der Waals surface area contributed by atoms with Gasteiger partial charge < -0.3 is 9.47 Å². The van der Waals surface area contributed by atoms with Crippen molar-refractivity contribution < 1.29 is 19.1 Å². The van der Waals surface area contributed by atoms with E-state index in [1.54, 1.807) is 45.0 Å². The lowest BCUT2D eigenvalue weighted by molar-refractivity contribution is 0.0472. The molecule has 1 saturated heterocycles. The highest BCUT2D eigenvalue weighted by Crippen LogP contribution is 2.33.